The maximum Gasteiger partial charge on any atom is 0.339 e. The van der Waals surface area contributed by atoms with Gasteiger partial charge in [0.1, 0.15) is 21.6 Å². The van der Waals surface area contributed by atoms with E-state index in [1.54, 1.807) is 0 Å². The third-order valence-electron chi connectivity index (χ3n) is 2.49. The van der Waals surface area contributed by atoms with Gasteiger partial charge in [0.05, 0.1) is 13.4 Å². The van der Waals surface area contributed by atoms with Gasteiger partial charge in [-0.3, -0.25) is 0 Å². The molecule has 7 nitrogen and oxygen atoms in total. The van der Waals surface area contributed by atoms with Gasteiger partial charge in [0.2, 0.25) is 10.3 Å². The topological polar surface area (TPSA) is 103 Å². The van der Waals surface area contributed by atoms with Crippen LogP contribution >= 0.6 is 0 Å². The van der Waals surface area contributed by atoms with Crippen molar-refractivity contribution in [3.63, 3.8) is 0 Å². The van der Waals surface area contributed by atoms with Crippen LogP contribution < -0.4 is 9.47 Å². The summed E-state index contributed by atoms with van der Waals surface area (Å²) in [5, 5.41) is 8.97. The summed E-state index contributed by atoms with van der Waals surface area (Å²) in [6.45, 7) is 0. The average molecular weight is 310 g/mol. The normalized spacial score (nSPS) is 9.95. The summed E-state index contributed by atoms with van der Waals surface area (Å²) in [4.78, 5) is 11.0. The minimum absolute atomic E-state index is 0.00497. The van der Waals surface area contributed by atoms with Gasteiger partial charge in [0.15, 0.2) is 0 Å². The lowest BCUT2D eigenvalue weighted by Crippen LogP contribution is -2.00. The summed E-state index contributed by atoms with van der Waals surface area (Å²) in [6.07, 6.45) is 1.17. The molecule has 2 aromatic rings. The fourth-order valence-corrected chi connectivity index (χ4v) is 1.91. The molecule has 0 saturated heterocycles. The third-order valence-corrected chi connectivity index (χ3v) is 3.13. The number of ether oxygens (including phenoxy) is 2. The van der Waals surface area contributed by atoms with Crippen LogP contribution in [-0.4, -0.2) is 26.6 Å². The van der Waals surface area contributed by atoms with Crippen LogP contribution in [0.25, 0.3) is 0 Å². The van der Waals surface area contributed by atoms with E-state index < -0.39 is 16.3 Å². The zero-order valence-electron chi connectivity index (χ0n) is 10.8. The van der Waals surface area contributed by atoms with E-state index in [1.807, 2.05) is 0 Å². The lowest BCUT2D eigenvalue weighted by atomic mass is 10.2. The van der Waals surface area contributed by atoms with Crippen molar-refractivity contribution in [2.24, 2.45) is 0 Å². The minimum atomic E-state index is -2.41. The van der Waals surface area contributed by atoms with E-state index in [-0.39, 0.29) is 27.5 Å². The van der Waals surface area contributed by atoms with Crippen LogP contribution in [0.3, 0.4) is 0 Å². The molecule has 2 rings (SSSR count). The summed E-state index contributed by atoms with van der Waals surface area (Å²) in [7, 11) is -1.07. The molecule has 1 heterocycles. The largest absolute Gasteiger partial charge is 0.496 e. The second-order valence-corrected chi connectivity index (χ2v) is 4.73. The van der Waals surface area contributed by atoms with Gasteiger partial charge >= 0.3 is 5.97 Å². The van der Waals surface area contributed by atoms with Crippen LogP contribution in [-0.2, 0) is 10.3 Å². The SMILES string of the molecule is COc1cc(Oc2cc(=S(=O)=O)cco2)ccc1C(=O)O. The molecule has 0 aliphatic heterocycles. The van der Waals surface area contributed by atoms with Crippen molar-refractivity contribution in [1.82, 2.24) is 0 Å². The van der Waals surface area contributed by atoms with Gasteiger partial charge in [0, 0.05) is 12.1 Å². The molecule has 110 valence electrons. The Bertz CT molecular complexity index is 841. The number of hydrogen-bond acceptors (Lipinski definition) is 6. The highest BCUT2D eigenvalue weighted by molar-refractivity contribution is 7.63. The Hall–Kier alpha value is -2.74. The summed E-state index contributed by atoms with van der Waals surface area (Å²) >= 11 is 0. The second-order valence-electron chi connectivity index (χ2n) is 3.79. The summed E-state index contributed by atoms with van der Waals surface area (Å²) in [5.41, 5.74) is -0.0174. The monoisotopic (exact) mass is 310 g/mol. The standard InChI is InChI=1S/C13H10O7S/c1-18-11-6-8(2-3-10(11)13(14)15)20-12-7-9(21(16)17)4-5-19-12/h2-7H,1H3,(H,14,15). The summed E-state index contributed by atoms with van der Waals surface area (Å²) in [6, 6.07) is 6.54. The molecule has 1 aromatic carbocycles. The number of hydrogen-bond donors (Lipinski definition) is 1. The molecule has 0 aliphatic carbocycles. The van der Waals surface area contributed by atoms with E-state index >= 15 is 0 Å². The third kappa shape index (κ3) is 3.42. The summed E-state index contributed by atoms with van der Waals surface area (Å²) < 4.78 is 37.0. The molecule has 0 bridgehead atoms. The highest BCUT2D eigenvalue weighted by Gasteiger charge is 2.12. The quantitative estimate of drug-likeness (QED) is 0.863. The van der Waals surface area contributed by atoms with E-state index in [1.165, 1.54) is 43.7 Å². The van der Waals surface area contributed by atoms with Gasteiger partial charge < -0.3 is 19.0 Å². The van der Waals surface area contributed by atoms with Gasteiger partial charge in [-0.05, 0) is 18.2 Å². The molecule has 0 unspecified atom stereocenters. The van der Waals surface area contributed by atoms with E-state index in [2.05, 4.69) is 0 Å². The molecule has 0 saturated carbocycles. The van der Waals surface area contributed by atoms with Crippen molar-refractivity contribution in [2.75, 3.05) is 7.11 Å². The lowest BCUT2D eigenvalue weighted by molar-refractivity contribution is 0.0693. The number of rotatable bonds is 4. The average Bonchev–Trinajstić information content (AvgIpc) is 2.47. The Kier molecular flexibility index (Phi) is 4.29. The Morgan fingerprint density at radius 1 is 1.24 bits per heavy atom. The predicted molar refractivity (Wildman–Crippen MR) is 70.9 cm³/mol. The van der Waals surface area contributed by atoms with Crippen LogP contribution in [0.2, 0.25) is 0 Å². The first-order valence-electron chi connectivity index (χ1n) is 5.61. The van der Waals surface area contributed by atoms with Crippen molar-refractivity contribution >= 4 is 16.3 Å². The molecule has 1 N–H and O–H groups in total. The molecule has 0 aliphatic rings. The van der Waals surface area contributed by atoms with Crippen LogP contribution in [0.1, 0.15) is 10.4 Å². The van der Waals surface area contributed by atoms with Crippen molar-refractivity contribution < 1.29 is 32.2 Å². The Balaban J connectivity index is 2.39. The van der Waals surface area contributed by atoms with Crippen LogP contribution in [0.4, 0.5) is 0 Å². The highest BCUT2D eigenvalue weighted by atomic mass is 32.2. The number of carbonyl (C=O) groups is 1. The second kappa shape index (κ2) is 6.14. The molecular weight excluding hydrogens is 300 g/mol. The molecule has 0 radical (unpaired) electrons. The first-order valence-corrected chi connectivity index (χ1v) is 6.69. The van der Waals surface area contributed by atoms with E-state index in [9.17, 15) is 13.2 Å². The highest BCUT2D eigenvalue weighted by Crippen LogP contribution is 2.28. The lowest BCUT2D eigenvalue weighted by Gasteiger charge is -2.08. The van der Waals surface area contributed by atoms with E-state index in [0.29, 0.717) is 0 Å². The van der Waals surface area contributed by atoms with E-state index in [0.717, 1.165) is 0 Å². The maximum absolute atomic E-state index is 11.0. The Labute approximate surface area is 120 Å². The molecule has 1 aromatic heterocycles. The molecular formula is C13H10O7S. The smallest absolute Gasteiger partial charge is 0.339 e. The fraction of sp³-hybridized carbons (Fsp3) is 0.0769. The van der Waals surface area contributed by atoms with Crippen LogP contribution in [0.5, 0.6) is 17.4 Å². The predicted octanol–water partition coefficient (Wildman–Crippen LogP) is 2.19. The number of methoxy groups -OCH3 is 1. The van der Waals surface area contributed by atoms with Crippen LogP contribution in [0, 0.1) is 4.51 Å². The minimum Gasteiger partial charge on any atom is -0.496 e. The van der Waals surface area contributed by atoms with Gasteiger partial charge in [0.25, 0.3) is 5.95 Å². The molecule has 0 fully saturated rings. The zero-order chi connectivity index (χ0) is 15.4. The van der Waals surface area contributed by atoms with Gasteiger partial charge in [-0.15, -0.1) is 0 Å². The van der Waals surface area contributed by atoms with E-state index in [4.69, 9.17) is 19.0 Å². The molecule has 8 heteroatoms. The number of carboxylic acids is 1. The zero-order valence-corrected chi connectivity index (χ0v) is 11.6. The van der Waals surface area contributed by atoms with Crippen molar-refractivity contribution in [2.45, 2.75) is 0 Å². The van der Waals surface area contributed by atoms with Crippen molar-refractivity contribution in [3.05, 3.63) is 46.7 Å². The first-order chi connectivity index (χ1) is 10.0. The summed E-state index contributed by atoms with van der Waals surface area (Å²) in [5.74, 6) is -0.827. The maximum atomic E-state index is 11.0. The first kappa shape index (κ1) is 14.7. The van der Waals surface area contributed by atoms with Gasteiger partial charge in [-0.1, -0.05) is 0 Å². The number of carboxylic acid groups (broad SMARTS) is 1. The number of aromatic carboxylic acids is 1. The van der Waals surface area contributed by atoms with Gasteiger partial charge in [-0.2, -0.15) is 8.42 Å². The molecule has 21 heavy (non-hydrogen) atoms. The molecule has 0 amide bonds. The fourth-order valence-electron chi connectivity index (χ4n) is 1.55. The molecule has 0 atom stereocenters. The Morgan fingerprint density at radius 3 is 2.62 bits per heavy atom. The van der Waals surface area contributed by atoms with Crippen molar-refractivity contribution in [3.8, 4) is 17.4 Å². The van der Waals surface area contributed by atoms with Crippen molar-refractivity contribution in [1.29, 1.82) is 0 Å². The number of benzene rings is 1. The van der Waals surface area contributed by atoms with Crippen LogP contribution in [0.15, 0.2) is 41.0 Å². The Morgan fingerprint density at radius 2 is 2.00 bits per heavy atom. The van der Waals surface area contributed by atoms with Gasteiger partial charge in [-0.25, -0.2) is 4.79 Å². The molecule has 0 spiro atoms.